The van der Waals surface area contributed by atoms with Crippen LogP contribution in [0.2, 0.25) is 0 Å². The molecule has 2 aromatic rings. The number of benzene rings is 2. The van der Waals surface area contributed by atoms with Crippen LogP contribution in [-0.4, -0.2) is 18.0 Å². The predicted molar refractivity (Wildman–Crippen MR) is 95.2 cm³/mol. The molecule has 4 heteroatoms. The molecule has 126 valence electrons. The van der Waals surface area contributed by atoms with Gasteiger partial charge in [0, 0.05) is 5.69 Å². The van der Waals surface area contributed by atoms with Crippen LogP contribution >= 0.6 is 0 Å². The Hall–Kier alpha value is -2.62. The van der Waals surface area contributed by atoms with E-state index >= 15 is 0 Å². The molecule has 4 nitrogen and oxygen atoms in total. The summed E-state index contributed by atoms with van der Waals surface area (Å²) in [6, 6.07) is 14.7. The molecular formula is C20H23NO3. The van der Waals surface area contributed by atoms with E-state index in [0.717, 1.165) is 11.1 Å². The zero-order valence-electron chi connectivity index (χ0n) is 14.5. The standard InChI is InChI=1S/C20H23NO3/c1-13(2)16-8-10-17(11-9-16)20(23)24-15(4)19(22)21-18-7-5-6-14(3)12-18/h5-13,15H,1-4H3,(H,21,22). The molecule has 0 aromatic heterocycles. The van der Waals surface area contributed by atoms with E-state index in [1.165, 1.54) is 0 Å². The zero-order valence-corrected chi connectivity index (χ0v) is 14.5. The molecule has 0 saturated carbocycles. The van der Waals surface area contributed by atoms with Crippen molar-refractivity contribution >= 4 is 17.6 Å². The molecule has 1 amide bonds. The molecule has 2 rings (SSSR count). The lowest BCUT2D eigenvalue weighted by molar-refractivity contribution is -0.123. The first kappa shape index (κ1) is 17.7. The van der Waals surface area contributed by atoms with E-state index in [4.69, 9.17) is 4.74 Å². The van der Waals surface area contributed by atoms with Crippen LogP contribution in [0.3, 0.4) is 0 Å². The number of ether oxygens (including phenoxy) is 1. The number of aryl methyl sites for hydroxylation is 1. The Morgan fingerprint density at radius 2 is 1.67 bits per heavy atom. The normalized spacial score (nSPS) is 11.9. The maximum absolute atomic E-state index is 12.1. The monoisotopic (exact) mass is 325 g/mol. The Morgan fingerprint density at radius 1 is 1.00 bits per heavy atom. The first-order chi connectivity index (χ1) is 11.4. The molecule has 0 aliphatic carbocycles. The minimum absolute atomic E-state index is 0.354. The van der Waals surface area contributed by atoms with Crippen molar-refractivity contribution in [2.24, 2.45) is 0 Å². The summed E-state index contributed by atoms with van der Waals surface area (Å²) in [5.41, 5.74) is 3.32. The molecule has 0 spiro atoms. The van der Waals surface area contributed by atoms with Crippen LogP contribution in [0.5, 0.6) is 0 Å². The highest BCUT2D eigenvalue weighted by atomic mass is 16.5. The van der Waals surface area contributed by atoms with Crippen molar-refractivity contribution in [2.45, 2.75) is 39.7 Å². The van der Waals surface area contributed by atoms with Gasteiger partial charge in [0.25, 0.3) is 5.91 Å². The molecule has 1 unspecified atom stereocenters. The fourth-order valence-corrected chi connectivity index (χ4v) is 2.25. The fourth-order valence-electron chi connectivity index (χ4n) is 2.25. The lowest BCUT2D eigenvalue weighted by Gasteiger charge is -2.14. The Bertz CT molecular complexity index is 720. The minimum atomic E-state index is -0.872. The van der Waals surface area contributed by atoms with E-state index in [0.29, 0.717) is 17.2 Å². The second kappa shape index (κ2) is 7.77. The van der Waals surface area contributed by atoms with Gasteiger partial charge in [0.05, 0.1) is 5.56 Å². The van der Waals surface area contributed by atoms with E-state index < -0.39 is 12.1 Å². The van der Waals surface area contributed by atoms with Gasteiger partial charge in [-0.05, 0) is 55.2 Å². The molecule has 0 heterocycles. The summed E-state index contributed by atoms with van der Waals surface area (Å²) < 4.78 is 5.25. The van der Waals surface area contributed by atoms with Gasteiger partial charge in [-0.2, -0.15) is 0 Å². The molecule has 0 aliphatic rings. The van der Waals surface area contributed by atoms with Gasteiger partial charge in [-0.15, -0.1) is 0 Å². The van der Waals surface area contributed by atoms with Gasteiger partial charge < -0.3 is 10.1 Å². The Labute approximate surface area is 142 Å². The van der Waals surface area contributed by atoms with Crippen LogP contribution in [0.1, 0.15) is 48.2 Å². The van der Waals surface area contributed by atoms with E-state index in [2.05, 4.69) is 19.2 Å². The number of hydrogen-bond acceptors (Lipinski definition) is 3. The van der Waals surface area contributed by atoms with Crippen molar-refractivity contribution in [2.75, 3.05) is 5.32 Å². The van der Waals surface area contributed by atoms with E-state index in [1.807, 2.05) is 37.3 Å². The molecule has 0 bridgehead atoms. The summed E-state index contributed by atoms with van der Waals surface area (Å²) in [6.07, 6.45) is -0.872. The van der Waals surface area contributed by atoms with E-state index in [1.54, 1.807) is 25.1 Å². The van der Waals surface area contributed by atoms with E-state index in [9.17, 15) is 9.59 Å². The summed E-state index contributed by atoms with van der Waals surface area (Å²) in [5.74, 6) is -0.459. The SMILES string of the molecule is Cc1cccc(NC(=O)C(C)OC(=O)c2ccc(C(C)C)cc2)c1. The number of anilines is 1. The van der Waals surface area contributed by atoms with Crippen molar-refractivity contribution < 1.29 is 14.3 Å². The number of esters is 1. The number of rotatable bonds is 5. The van der Waals surface area contributed by atoms with Crippen molar-refractivity contribution in [3.05, 3.63) is 65.2 Å². The lowest BCUT2D eigenvalue weighted by Crippen LogP contribution is -2.30. The maximum atomic E-state index is 12.1. The third-order valence-corrected chi connectivity index (χ3v) is 3.75. The van der Waals surface area contributed by atoms with Crippen LogP contribution < -0.4 is 5.32 Å². The zero-order chi connectivity index (χ0) is 17.7. The summed E-state index contributed by atoms with van der Waals surface area (Å²) in [7, 11) is 0. The highest BCUT2D eigenvalue weighted by molar-refractivity contribution is 5.97. The van der Waals surface area contributed by atoms with Gasteiger partial charge in [0.15, 0.2) is 6.10 Å². The smallest absolute Gasteiger partial charge is 0.338 e. The number of amides is 1. The van der Waals surface area contributed by atoms with Crippen LogP contribution in [0.25, 0.3) is 0 Å². The third-order valence-electron chi connectivity index (χ3n) is 3.75. The highest BCUT2D eigenvalue weighted by Gasteiger charge is 2.19. The summed E-state index contributed by atoms with van der Waals surface area (Å²) in [5, 5.41) is 2.75. The topological polar surface area (TPSA) is 55.4 Å². The first-order valence-corrected chi connectivity index (χ1v) is 8.05. The predicted octanol–water partition coefficient (Wildman–Crippen LogP) is 4.30. The van der Waals surface area contributed by atoms with Gasteiger partial charge in [-0.3, -0.25) is 4.79 Å². The third kappa shape index (κ3) is 4.69. The van der Waals surface area contributed by atoms with Crippen LogP contribution in [-0.2, 0) is 9.53 Å². The van der Waals surface area contributed by atoms with Crippen molar-refractivity contribution in [3.63, 3.8) is 0 Å². The molecule has 0 fully saturated rings. The van der Waals surface area contributed by atoms with Gasteiger partial charge in [-0.1, -0.05) is 38.1 Å². The molecule has 1 atom stereocenters. The molecule has 2 aromatic carbocycles. The lowest BCUT2D eigenvalue weighted by atomic mass is 10.0. The average Bonchev–Trinajstić information content (AvgIpc) is 2.54. The first-order valence-electron chi connectivity index (χ1n) is 8.05. The summed E-state index contributed by atoms with van der Waals surface area (Å²) >= 11 is 0. The van der Waals surface area contributed by atoms with Gasteiger partial charge >= 0.3 is 5.97 Å². The summed E-state index contributed by atoms with van der Waals surface area (Å²) in [6.45, 7) is 7.68. The molecule has 0 aliphatic heterocycles. The largest absolute Gasteiger partial charge is 0.449 e. The average molecular weight is 325 g/mol. The summed E-state index contributed by atoms with van der Waals surface area (Å²) in [4.78, 5) is 24.3. The molecule has 0 radical (unpaired) electrons. The van der Waals surface area contributed by atoms with Gasteiger partial charge in [-0.25, -0.2) is 4.79 Å². The van der Waals surface area contributed by atoms with Crippen molar-refractivity contribution in [3.8, 4) is 0 Å². The Morgan fingerprint density at radius 3 is 2.25 bits per heavy atom. The van der Waals surface area contributed by atoms with Gasteiger partial charge in [0.2, 0.25) is 0 Å². The maximum Gasteiger partial charge on any atom is 0.338 e. The van der Waals surface area contributed by atoms with Crippen LogP contribution in [0.15, 0.2) is 48.5 Å². The second-order valence-corrected chi connectivity index (χ2v) is 6.18. The number of nitrogens with one attached hydrogen (secondary N) is 1. The van der Waals surface area contributed by atoms with E-state index in [-0.39, 0.29) is 5.91 Å². The Balaban J connectivity index is 1.96. The second-order valence-electron chi connectivity index (χ2n) is 6.18. The highest BCUT2D eigenvalue weighted by Crippen LogP contribution is 2.16. The quantitative estimate of drug-likeness (QED) is 0.834. The van der Waals surface area contributed by atoms with Crippen molar-refractivity contribution in [1.82, 2.24) is 0 Å². The number of carbonyl (C=O) groups is 2. The fraction of sp³-hybridized carbons (Fsp3) is 0.300. The van der Waals surface area contributed by atoms with Crippen LogP contribution in [0.4, 0.5) is 5.69 Å². The minimum Gasteiger partial charge on any atom is -0.449 e. The number of carbonyl (C=O) groups excluding carboxylic acids is 2. The number of hydrogen-bond donors (Lipinski definition) is 1. The van der Waals surface area contributed by atoms with Crippen LogP contribution in [0, 0.1) is 6.92 Å². The molecule has 1 N–H and O–H groups in total. The van der Waals surface area contributed by atoms with Crippen molar-refractivity contribution in [1.29, 1.82) is 0 Å². The molecule has 24 heavy (non-hydrogen) atoms. The van der Waals surface area contributed by atoms with Gasteiger partial charge in [0.1, 0.15) is 0 Å². The molecule has 0 saturated heterocycles. The molecular weight excluding hydrogens is 302 g/mol. The Kier molecular flexibility index (Phi) is 5.74.